The SMILES string of the molecule is C=CCc1cccc2cc(C(=O)OCCCC)c3[nH]c4ccccc4c3c12. The third kappa shape index (κ3) is 2.99. The Bertz CT molecular complexity index is 1150. The summed E-state index contributed by atoms with van der Waals surface area (Å²) in [6.07, 6.45) is 4.57. The lowest BCUT2D eigenvalue weighted by molar-refractivity contribution is 0.0502. The van der Waals surface area contributed by atoms with Gasteiger partial charge in [-0.2, -0.15) is 0 Å². The first-order valence-corrected chi connectivity index (χ1v) is 9.47. The molecule has 3 nitrogen and oxygen atoms in total. The predicted molar refractivity (Wildman–Crippen MR) is 112 cm³/mol. The van der Waals surface area contributed by atoms with Crippen LogP contribution in [0.2, 0.25) is 0 Å². The number of rotatable bonds is 6. The van der Waals surface area contributed by atoms with E-state index in [2.05, 4.69) is 36.7 Å². The minimum Gasteiger partial charge on any atom is -0.462 e. The number of benzene rings is 3. The number of para-hydroxylation sites is 1. The first kappa shape index (κ1) is 17.3. The second-order valence-electron chi connectivity index (χ2n) is 6.84. The fraction of sp³-hybridized carbons (Fsp3) is 0.208. The summed E-state index contributed by atoms with van der Waals surface area (Å²) >= 11 is 0. The number of carbonyl (C=O) groups excluding carboxylic acids is 1. The molecule has 0 bridgehead atoms. The maximum Gasteiger partial charge on any atom is 0.340 e. The molecular weight excluding hydrogens is 334 g/mol. The van der Waals surface area contributed by atoms with Gasteiger partial charge in [-0.1, -0.05) is 55.8 Å². The number of fused-ring (bicyclic) bond motifs is 5. The number of allylic oxidation sites excluding steroid dienone is 1. The number of H-pyrrole nitrogens is 1. The van der Waals surface area contributed by atoms with Crippen LogP contribution < -0.4 is 0 Å². The van der Waals surface area contributed by atoms with E-state index in [1.165, 1.54) is 10.9 Å². The zero-order valence-corrected chi connectivity index (χ0v) is 15.5. The molecule has 1 N–H and O–H groups in total. The third-order valence-electron chi connectivity index (χ3n) is 5.02. The Morgan fingerprint density at radius 2 is 2.00 bits per heavy atom. The molecule has 0 atom stereocenters. The monoisotopic (exact) mass is 357 g/mol. The Morgan fingerprint density at radius 3 is 2.81 bits per heavy atom. The van der Waals surface area contributed by atoms with E-state index in [1.54, 1.807) is 0 Å². The fourth-order valence-corrected chi connectivity index (χ4v) is 3.75. The van der Waals surface area contributed by atoms with Gasteiger partial charge in [0.2, 0.25) is 0 Å². The summed E-state index contributed by atoms with van der Waals surface area (Å²) < 4.78 is 5.52. The third-order valence-corrected chi connectivity index (χ3v) is 5.02. The second kappa shape index (κ2) is 7.28. The molecule has 0 aliphatic heterocycles. The van der Waals surface area contributed by atoms with Crippen molar-refractivity contribution in [3.8, 4) is 0 Å². The molecule has 1 heterocycles. The van der Waals surface area contributed by atoms with Crippen molar-refractivity contribution in [2.45, 2.75) is 26.2 Å². The van der Waals surface area contributed by atoms with E-state index < -0.39 is 0 Å². The summed E-state index contributed by atoms with van der Waals surface area (Å²) in [6, 6.07) is 16.4. The highest BCUT2D eigenvalue weighted by molar-refractivity contribution is 6.25. The van der Waals surface area contributed by atoms with Crippen molar-refractivity contribution in [2.75, 3.05) is 6.61 Å². The van der Waals surface area contributed by atoms with Gasteiger partial charge in [0.1, 0.15) is 0 Å². The fourth-order valence-electron chi connectivity index (χ4n) is 3.75. The van der Waals surface area contributed by atoms with E-state index in [9.17, 15) is 4.79 Å². The molecule has 0 aliphatic rings. The van der Waals surface area contributed by atoms with Crippen LogP contribution in [0.5, 0.6) is 0 Å². The topological polar surface area (TPSA) is 42.1 Å². The van der Waals surface area contributed by atoms with Gasteiger partial charge in [-0.05, 0) is 41.3 Å². The number of hydrogen-bond acceptors (Lipinski definition) is 2. The first-order valence-electron chi connectivity index (χ1n) is 9.47. The number of hydrogen-bond donors (Lipinski definition) is 1. The standard InChI is InChI=1S/C24H23NO2/c1-3-5-14-27-24(26)19-15-17-11-8-10-16(9-4-2)21(17)22-18-12-6-7-13-20(18)25-23(19)22/h4,6-8,10-13,15,25H,2-3,5,9,14H2,1H3. The van der Waals surface area contributed by atoms with Crippen LogP contribution in [0.4, 0.5) is 0 Å². The van der Waals surface area contributed by atoms with Gasteiger partial charge >= 0.3 is 5.97 Å². The van der Waals surface area contributed by atoms with Crippen LogP contribution in [0.25, 0.3) is 32.6 Å². The lowest BCUT2D eigenvalue weighted by Crippen LogP contribution is -2.07. The van der Waals surface area contributed by atoms with E-state index >= 15 is 0 Å². The summed E-state index contributed by atoms with van der Waals surface area (Å²) in [5.74, 6) is -0.268. The summed E-state index contributed by atoms with van der Waals surface area (Å²) in [5, 5.41) is 4.43. The highest BCUT2D eigenvalue weighted by Crippen LogP contribution is 2.37. The Balaban J connectivity index is 2.04. The molecule has 3 aromatic carbocycles. The number of carbonyl (C=O) groups is 1. The van der Waals surface area contributed by atoms with E-state index in [1.807, 2.05) is 36.4 Å². The average Bonchev–Trinajstić information content (AvgIpc) is 3.07. The molecule has 0 saturated carbocycles. The lowest BCUT2D eigenvalue weighted by atomic mass is 9.95. The Kier molecular flexibility index (Phi) is 4.68. The van der Waals surface area contributed by atoms with Crippen molar-refractivity contribution in [3.63, 3.8) is 0 Å². The largest absolute Gasteiger partial charge is 0.462 e. The van der Waals surface area contributed by atoms with Crippen LogP contribution in [0, 0.1) is 0 Å². The summed E-state index contributed by atoms with van der Waals surface area (Å²) in [4.78, 5) is 16.3. The molecule has 136 valence electrons. The van der Waals surface area contributed by atoms with Crippen LogP contribution in [-0.2, 0) is 11.2 Å². The summed E-state index contributed by atoms with van der Waals surface area (Å²) in [6.45, 7) is 6.43. The highest BCUT2D eigenvalue weighted by atomic mass is 16.5. The smallest absolute Gasteiger partial charge is 0.340 e. The van der Waals surface area contributed by atoms with Crippen LogP contribution in [-0.4, -0.2) is 17.6 Å². The zero-order chi connectivity index (χ0) is 18.8. The molecule has 27 heavy (non-hydrogen) atoms. The van der Waals surface area contributed by atoms with Crippen LogP contribution in [0.3, 0.4) is 0 Å². The van der Waals surface area contributed by atoms with Gasteiger partial charge in [0.15, 0.2) is 0 Å². The second-order valence-corrected chi connectivity index (χ2v) is 6.84. The number of nitrogens with one attached hydrogen (secondary N) is 1. The van der Waals surface area contributed by atoms with Gasteiger partial charge in [-0.15, -0.1) is 6.58 Å². The maximum atomic E-state index is 12.8. The predicted octanol–water partition coefficient (Wildman–Crippen LogP) is 6.16. The maximum absolute atomic E-state index is 12.8. The van der Waals surface area contributed by atoms with E-state index in [0.29, 0.717) is 12.2 Å². The number of unbranched alkanes of at least 4 members (excludes halogenated alkanes) is 1. The van der Waals surface area contributed by atoms with Crippen molar-refractivity contribution in [2.24, 2.45) is 0 Å². The molecule has 3 heteroatoms. The van der Waals surface area contributed by atoms with E-state index in [0.717, 1.165) is 46.5 Å². The molecular formula is C24H23NO2. The summed E-state index contributed by atoms with van der Waals surface area (Å²) in [7, 11) is 0. The Labute approximate surface area is 158 Å². The van der Waals surface area contributed by atoms with Gasteiger partial charge in [-0.3, -0.25) is 0 Å². The number of aromatic amines is 1. The minimum absolute atomic E-state index is 0.268. The normalized spacial score (nSPS) is 11.3. The van der Waals surface area contributed by atoms with Crippen molar-refractivity contribution >= 4 is 38.5 Å². The van der Waals surface area contributed by atoms with Crippen LogP contribution in [0.15, 0.2) is 61.2 Å². The van der Waals surface area contributed by atoms with Crippen molar-refractivity contribution in [1.82, 2.24) is 4.98 Å². The Hall–Kier alpha value is -3.07. The Morgan fingerprint density at radius 1 is 1.15 bits per heavy atom. The molecule has 0 saturated heterocycles. The van der Waals surface area contributed by atoms with Crippen molar-refractivity contribution < 1.29 is 9.53 Å². The molecule has 0 radical (unpaired) electrons. The first-order chi connectivity index (χ1) is 13.2. The molecule has 0 fully saturated rings. The molecule has 4 aromatic rings. The van der Waals surface area contributed by atoms with Crippen LogP contribution >= 0.6 is 0 Å². The molecule has 0 spiro atoms. The van der Waals surface area contributed by atoms with Gasteiger partial charge < -0.3 is 9.72 Å². The molecule has 0 amide bonds. The average molecular weight is 357 g/mol. The lowest BCUT2D eigenvalue weighted by Gasteiger charge is -2.11. The number of aromatic nitrogens is 1. The van der Waals surface area contributed by atoms with Gasteiger partial charge in [0.25, 0.3) is 0 Å². The van der Waals surface area contributed by atoms with E-state index in [4.69, 9.17) is 4.74 Å². The zero-order valence-electron chi connectivity index (χ0n) is 15.5. The number of ether oxygens (including phenoxy) is 1. The van der Waals surface area contributed by atoms with Gasteiger partial charge in [-0.25, -0.2) is 4.79 Å². The molecule has 4 rings (SSSR count). The van der Waals surface area contributed by atoms with E-state index in [-0.39, 0.29) is 5.97 Å². The van der Waals surface area contributed by atoms with Gasteiger partial charge in [0, 0.05) is 16.3 Å². The molecule has 1 aromatic heterocycles. The van der Waals surface area contributed by atoms with Crippen LogP contribution in [0.1, 0.15) is 35.7 Å². The van der Waals surface area contributed by atoms with Crippen molar-refractivity contribution in [3.05, 3.63) is 72.3 Å². The minimum atomic E-state index is -0.268. The van der Waals surface area contributed by atoms with Crippen molar-refractivity contribution in [1.29, 1.82) is 0 Å². The number of esters is 1. The molecule has 0 unspecified atom stereocenters. The quantitative estimate of drug-likeness (QED) is 0.255. The highest BCUT2D eigenvalue weighted by Gasteiger charge is 2.19. The van der Waals surface area contributed by atoms with Gasteiger partial charge in [0.05, 0.1) is 17.7 Å². The molecule has 0 aliphatic carbocycles. The summed E-state index contributed by atoms with van der Waals surface area (Å²) in [5.41, 5.74) is 3.68.